The molecule has 1 N–H and O–H groups in total. The summed E-state index contributed by atoms with van der Waals surface area (Å²) >= 11 is 5.81. The Balaban J connectivity index is 2.55. The number of pyridine rings is 1. The minimum atomic E-state index is -1.08. The van der Waals surface area contributed by atoms with E-state index >= 15 is 0 Å². The van der Waals surface area contributed by atoms with Gasteiger partial charge in [-0.15, -0.1) is 0 Å². The van der Waals surface area contributed by atoms with Crippen LogP contribution in [-0.4, -0.2) is 13.9 Å². The van der Waals surface area contributed by atoms with Crippen molar-refractivity contribution in [2.24, 2.45) is 0 Å². The summed E-state index contributed by atoms with van der Waals surface area (Å²) in [6, 6.07) is 3.47. The van der Waals surface area contributed by atoms with Crippen molar-refractivity contribution >= 4 is 22.6 Å². The van der Waals surface area contributed by atoms with Crippen molar-refractivity contribution in [2.45, 2.75) is 32.1 Å². The molecule has 15 heavy (non-hydrogen) atoms. The van der Waals surface area contributed by atoms with Crippen LogP contribution in [0.3, 0.4) is 0 Å². The van der Waals surface area contributed by atoms with Crippen LogP contribution in [0.25, 0.3) is 0 Å². The first-order valence-corrected chi connectivity index (χ1v) is 6.18. The van der Waals surface area contributed by atoms with Crippen molar-refractivity contribution in [3.05, 3.63) is 29.0 Å². The molecule has 0 saturated carbocycles. The second-order valence-electron chi connectivity index (χ2n) is 4.17. The van der Waals surface area contributed by atoms with E-state index in [9.17, 15) is 4.21 Å². The molecular weight excluding hydrogens is 232 g/mol. The van der Waals surface area contributed by atoms with E-state index in [0.717, 1.165) is 5.69 Å². The molecule has 0 spiro atoms. The van der Waals surface area contributed by atoms with Crippen LogP contribution in [0.4, 0.5) is 0 Å². The van der Waals surface area contributed by atoms with Crippen molar-refractivity contribution in [3.63, 3.8) is 0 Å². The van der Waals surface area contributed by atoms with Crippen molar-refractivity contribution in [2.75, 3.05) is 0 Å². The molecule has 1 atom stereocenters. The number of aromatic nitrogens is 1. The number of halogens is 1. The van der Waals surface area contributed by atoms with E-state index in [1.54, 1.807) is 18.3 Å². The molecule has 0 amide bonds. The summed E-state index contributed by atoms with van der Waals surface area (Å²) in [5.41, 5.74) is 0.792. The van der Waals surface area contributed by atoms with Crippen molar-refractivity contribution in [1.82, 2.24) is 9.71 Å². The minimum Gasteiger partial charge on any atom is -0.260 e. The highest BCUT2D eigenvalue weighted by atomic mass is 35.5. The maximum absolute atomic E-state index is 11.7. The SMILES string of the molecule is CC(C)(C)[S@@](=O)NCc1cc(Cl)ccn1. The van der Waals surface area contributed by atoms with Crippen molar-refractivity contribution in [1.29, 1.82) is 0 Å². The molecule has 0 aliphatic heterocycles. The van der Waals surface area contributed by atoms with Crippen LogP contribution in [0.15, 0.2) is 18.3 Å². The minimum absolute atomic E-state index is 0.265. The molecule has 0 unspecified atom stereocenters. The Bertz CT molecular complexity index is 363. The third-order valence-electron chi connectivity index (χ3n) is 1.72. The maximum Gasteiger partial charge on any atom is 0.0973 e. The van der Waals surface area contributed by atoms with Gasteiger partial charge in [-0.3, -0.25) is 4.98 Å². The Kier molecular flexibility index (Phi) is 4.25. The molecule has 84 valence electrons. The van der Waals surface area contributed by atoms with Gasteiger partial charge in [0.1, 0.15) is 0 Å². The van der Waals surface area contributed by atoms with Gasteiger partial charge in [0, 0.05) is 11.2 Å². The Morgan fingerprint density at radius 1 is 1.53 bits per heavy atom. The largest absolute Gasteiger partial charge is 0.260 e. The highest BCUT2D eigenvalue weighted by Crippen LogP contribution is 2.11. The van der Waals surface area contributed by atoms with Crippen LogP contribution in [-0.2, 0) is 17.5 Å². The highest BCUT2D eigenvalue weighted by molar-refractivity contribution is 7.84. The summed E-state index contributed by atoms with van der Waals surface area (Å²) in [6.07, 6.45) is 1.64. The molecular formula is C10H15ClN2OS. The zero-order valence-corrected chi connectivity index (χ0v) is 10.7. The smallest absolute Gasteiger partial charge is 0.0973 e. The van der Waals surface area contributed by atoms with Gasteiger partial charge in [0.15, 0.2) is 0 Å². The fraction of sp³-hybridized carbons (Fsp3) is 0.500. The van der Waals surface area contributed by atoms with E-state index in [0.29, 0.717) is 11.6 Å². The first kappa shape index (κ1) is 12.6. The van der Waals surface area contributed by atoms with E-state index in [1.165, 1.54) is 0 Å². The summed E-state index contributed by atoms with van der Waals surface area (Å²) < 4.78 is 14.3. The molecule has 0 fully saturated rings. The van der Waals surface area contributed by atoms with Gasteiger partial charge in [-0.2, -0.15) is 0 Å². The van der Waals surface area contributed by atoms with Crippen LogP contribution in [0.1, 0.15) is 26.5 Å². The fourth-order valence-electron chi connectivity index (χ4n) is 0.901. The molecule has 3 nitrogen and oxygen atoms in total. The first-order valence-electron chi connectivity index (χ1n) is 4.65. The molecule has 5 heteroatoms. The molecule has 0 saturated heterocycles. The normalized spacial score (nSPS) is 13.9. The van der Waals surface area contributed by atoms with Gasteiger partial charge in [-0.25, -0.2) is 8.93 Å². The second kappa shape index (κ2) is 5.05. The Morgan fingerprint density at radius 2 is 2.20 bits per heavy atom. The predicted octanol–water partition coefficient (Wildman–Crippen LogP) is 2.29. The monoisotopic (exact) mass is 246 g/mol. The zero-order chi connectivity index (χ0) is 11.5. The number of nitrogens with zero attached hydrogens (tertiary/aromatic N) is 1. The summed E-state index contributed by atoms with van der Waals surface area (Å²) in [6.45, 7) is 6.22. The molecule has 0 radical (unpaired) electrons. The Hall–Kier alpha value is -0.450. The second-order valence-corrected chi connectivity index (χ2v) is 6.65. The topological polar surface area (TPSA) is 42.0 Å². The van der Waals surface area contributed by atoms with Crippen LogP contribution in [0.5, 0.6) is 0 Å². The summed E-state index contributed by atoms with van der Waals surface area (Å²) in [4.78, 5) is 4.11. The van der Waals surface area contributed by atoms with Gasteiger partial charge < -0.3 is 0 Å². The molecule has 0 aromatic carbocycles. The lowest BCUT2D eigenvalue weighted by molar-refractivity contribution is 0.634. The van der Waals surface area contributed by atoms with Crippen LogP contribution >= 0.6 is 11.6 Å². The summed E-state index contributed by atoms with van der Waals surface area (Å²) in [5, 5.41) is 0.642. The average molecular weight is 247 g/mol. The fourth-order valence-corrected chi connectivity index (χ4v) is 1.80. The number of hydrogen-bond donors (Lipinski definition) is 1. The van der Waals surface area contributed by atoms with Gasteiger partial charge in [0.05, 0.1) is 28.0 Å². The number of hydrogen-bond acceptors (Lipinski definition) is 2. The van der Waals surface area contributed by atoms with E-state index in [1.807, 2.05) is 20.8 Å². The molecule has 1 heterocycles. The van der Waals surface area contributed by atoms with Crippen LogP contribution < -0.4 is 4.72 Å². The quantitative estimate of drug-likeness (QED) is 0.889. The van der Waals surface area contributed by atoms with Crippen LogP contribution in [0, 0.1) is 0 Å². The lowest BCUT2D eigenvalue weighted by Gasteiger charge is -2.17. The molecule has 0 aliphatic carbocycles. The summed E-state index contributed by atoms with van der Waals surface area (Å²) in [7, 11) is -1.08. The van der Waals surface area contributed by atoms with Crippen molar-refractivity contribution in [3.8, 4) is 0 Å². The highest BCUT2D eigenvalue weighted by Gasteiger charge is 2.18. The summed E-state index contributed by atoms with van der Waals surface area (Å²) in [5.74, 6) is 0. The van der Waals surface area contributed by atoms with Gasteiger partial charge in [0.25, 0.3) is 0 Å². The van der Waals surface area contributed by atoms with Gasteiger partial charge >= 0.3 is 0 Å². The number of nitrogens with one attached hydrogen (secondary N) is 1. The third-order valence-corrected chi connectivity index (χ3v) is 3.47. The Labute approximate surface area is 97.8 Å². The molecule has 0 bridgehead atoms. The molecule has 1 aromatic rings. The van der Waals surface area contributed by atoms with E-state index in [4.69, 9.17) is 11.6 Å². The molecule has 0 aliphatic rings. The van der Waals surface area contributed by atoms with Crippen LogP contribution in [0.2, 0.25) is 5.02 Å². The van der Waals surface area contributed by atoms with Gasteiger partial charge in [-0.1, -0.05) is 11.6 Å². The lowest BCUT2D eigenvalue weighted by Crippen LogP contribution is -2.33. The lowest BCUT2D eigenvalue weighted by atomic mass is 10.3. The van der Waals surface area contributed by atoms with E-state index in [2.05, 4.69) is 9.71 Å². The van der Waals surface area contributed by atoms with Crippen molar-refractivity contribution < 1.29 is 4.21 Å². The standard InChI is InChI=1S/C10H15ClN2OS/c1-10(2,3)15(14)13-7-9-6-8(11)4-5-12-9/h4-6,13H,7H2,1-3H3/t15-/m1/s1. The van der Waals surface area contributed by atoms with E-state index < -0.39 is 11.0 Å². The Morgan fingerprint density at radius 3 is 2.73 bits per heavy atom. The predicted molar refractivity (Wildman–Crippen MR) is 64.0 cm³/mol. The van der Waals surface area contributed by atoms with Gasteiger partial charge in [-0.05, 0) is 32.9 Å². The first-order chi connectivity index (χ1) is 6.89. The zero-order valence-electron chi connectivity index (χ0n) is 9.08. The molecule has 1 rings (SSSR count). The number of rotatable bonds is 3. The maximum atomic E-state index is 11.7. The van der Waals surface area contributed by atoms with E-state index in [-0.39, 0.29) is 4.75 Å². The average Bonchev–Trinajstić information content (AvgIpc) is 2.12. The molecule has 1 aromatic heterocycles. The third kappa shape index (κ3) is 4.28. The van der Waals surface area contributed by atoms with Gasteiger partial charge in [0.2, 0.25) is 0 Å².